The Kier molecular flexibility index (Phi) is 4.27. The van der Waals surface area contributed by atoms with Crippen LogP contribution in [0.25, 0.3) is 5.57 Å². The van der Waals surface area contributed by atoms with E-state index in [1.807, 2.05) is 18.2 Å². The summed E-state index contributed by atoms with van der Waals surface area (Å²) in [6, 6.07) is 18.0. The third-order valence-electron chi connectivity index (χ3n) is 4.47. The molecule has 0 saturated heterocycles. The lowest BCUT2D eigenvalue weighted by atomic mass is 9.75. The highest BCUT2D eigenvalue weighted by molar-refractivity contribution is 6.30. The topological polar surface area (TPSA) is 90.7 Å². The van der Waals surface area contributed by atoms with E-state index in [9.17, 15) is 20.6 Å². The Morgan fingerprint density at radius 1 is 1.04 bits per heavy atom. The summed E-state index contributed by atoms with van der Waals surface area (Å²) in [7, 11) is 0. The summed E-state index contributed by atoms with van der Waals surface area (Å²) in [5.74, 6) is -0.666. The summed E-state index contributed by atoms with van der Waals surface area (Å²) in [5.41, 5.74) is -0.233. The molecule has 2 aromatic carbocycles. The van der Waals surface area contributed by atoms with Gasteiger partial charge in [0.25, 0.3) is 6.04 Å². The molecule has 25 heavy (non-hydrogen) atoms. The maximum absolute atomic E-state index is 11.8. The van der Waals surface area contributed by atoms with Crippen LogP contribution in [-0.2, 0) is 0 Å². The molecule has 2 aromatic rings. The minimum atomic E-state index is -1.86. The number of benzene rings is 2. The Morgan fingerprint density at radius 2 is 1.64 bits per heavy atom. The molecule has 0 spiro atoms. The van der Waals surface area contributed by atoms with Crippen molar-refractivity contribution in [1.29, 1.82) is 10.5 Å². The van der Waals surface area contributed by atoms with Gasteiger partial charge in [-0.2, -0.15) is 10.5 Å². The predicted molar refractivity (Wildman–Crippen MR) is 93.1 cm³/mol. The Morgan fingerprint density at radius 3 is 2.16 bits per heavy atom. The van der Waals surface area contributed by atoms with Crippen LogP contribution in [0.1, 0.15) is 17.0 Å². The van der Waals surface area contributed by atoms with Crippen LogP contribution in [-0.4, -0.2) is 11.0 Å². The molecule has 1 aliphatic rings. The second-order valence-electron chi connectivity index (χ2n) is 5.79. The zero-order valence-electron chi connectivity index (χ0n) is 13.0. The van der Waals surface area contributed by atoms with Crippen molar-refractivity contribution in [3.63, 3.8) is 0 Å². The summed E-state index contributed by atoms with van der Waals surface area (Å²) in [4.78, 5) is 11.3. The molecule has 2 unspecified atom stereocenters. The van der Waals surface area contributed by atoms with E-state index < -0.39 is 22.3 Å². The van der Waals surface area contributed by atoms with Gasteiger partial charge in [-0.15, -0.1) is 0 Å². The van der Waals surface area contributed by atoms with Crippen LogP contribution in [0, 0.1) is 38.2 Å². The SMILES string of the molecule is N#CC1(C#N)C(c2ccc(Cl)cc2)=CC(c2ccccc2)C1[N+](=O)[O-]. The van der Waals surface area contributed by atoms with Gasteiger partial charge >= 0.3 is 0 Å². The lowest BCUT2D eigenvalue weighted by molar-refractivity contribution is -0.532. The molecule has 0 radical (unpaired) electrons. The number of nitro groups is 1. The third kappa shape index (κ3) is 2.65. The molecule has 0 saturated carbocycles. The Labute approximate surface area is 149 Å². The second-order valence-corrected chi connectivity index (χ2v) is 6.22. The van der Waals surface area contributed by atoms with Gasteiger partial charge < -0.3 is 0 Å². The molecular formula is C19H12ClN3O2. The first-order chi connectivity index (χ1) is 12.0. The molecule has 5 nitrogen and oxygen atoms in total. The molecule has 0 bridgehead atoms. The van der Waals surface area contributed by atoms with Gasteiger partial charge in [0.15, 0.2) is 0 Å². The predicted octanol–water partition coefficient (Wildman–Crippen LogP) is 4.20. The van der Waals surface area contributed by atoms with Crippen LogP contribution < -0.4 is 0 Å². The zero-order chi connectivity index (χ0) is 18.0. The van der Waals surface area contributed by atoms with E-state index in [2.05, 4.69) is 0 Å². The van der Waals surface area contributed by atoms with Crippen molar-refractivity contribution in [1.82, 2.24) is 0 Å². The Bertz CT molecular complexity index is 910. The van der Waals surface area contributed by atoms with Gasteiger partial charge in [0.05, 0.1) is 18.1 Å². The van der Waals surface area contributed by atoms with E-state index in [4.69, 9.17) is 11.6 Å². The number of nitrogens with zero attached hydrogens (tertiary/aromatic N) is 3. The average molecular weight is 350 g/mol. The van der Waals surface area contributed by atoms with Crippen LogP contribution in [0.2, 0.25) is 5.02 Å². The quantitative estimate of drug-likeness (QED) is 0.613. The highest BCUT2D eigenvalue weighted by Crippen LogP contribution is 2.51. The van der Waals surface area contributed by atoms with Gasteiger partial charge in [0, 0.05) is 9.95 Å². The molecule has 0 aliphatic heterocycles. The fourth-order valence-electron chi connectivity index (χ4n) is 3.30. The van der Waals surface area contributed by atoms with Crippen molar-refractivity contribution in [2.45, 2.75) is 12.0 Å². The summed E-state index contributed by atoms with van der Waals surface area (Å²) < 4.78 is 0. The molecular weight excluding hydrogens is 338 g/mol. The standard InChI is InChI=1S/C19H12ClN3O2/c20-15-8-6-14(7-9-15)17-10-16(13-4-2-1-3-5-13)18(23(24)25)19(17,11-21)12-22/h1-10,16,18H. The summed E-state index contributed by atoms with van der Waals surface area (Å²) in [6.07, 6.45) is 1.67. The van der Waals surface area contributed by atoms with Crippen LogP contribution in [0.4, 0.5) is 0 Å². The van der Waals surface area contributed by atoms with E-state index in [0.29, 0.717) is 21.7 Å². The maximum atomic E-state index is 11.8. The normalized spacial score (nSPS) is 21.0. The van der Waals surface area contributed by atoms with Crippen molar-refractivity contribution in [3.8, 4) is 12.1 Å². The van der Waals surface area contributed by atoms with Crippen LogP contribution >= 0.6 is 11.6 Å². The molecule has 0 fully saturated rings. The Balaban J connectivity index is 2.23. The third-order valence-corrected chi connectivity index (χ3v) is 4.73. The van der Waals surface area contributed by atoms with Gasteiger partial charge in [-0.1, -0.05) is 60.1 Å². The number of hydrogen-bond acceptors (Lipinski definition) is 4. The fourth-order valence-corrected chi connectivity index (χ4v) is 3.43. The van der Waals surface area contributed by atoms with Crippen LogP contribution in [0.15, 0.2) is 60.7 Å². The average Bonchev–Trinajstić information content (AvgIpc) is 2.99. The number of hydrogen-bond donors (Lipinski definition) is 0. The van der Waals surface area contributed by atoms with Crippen LogP contribution in [0.5, 0.6) is 0 Å². The first kappa shape index (κ1) is 16.7. The van der Waals surface area contributed by atoms with Gasteiger partial charge in [0.1, 0.15) is 0 Å². The minimum absolute atomic E-state index is 0.352. The second kappa shape index (κ2) is 6.39. The monoisotopic (exact) mass is 349 g/mol. The highest BCUT2D eigenvalue weighted by Gasteiger charge is 2.60. The van der Waals surface area contributed by atoms with Gasteiger partial charge in [-0.3, -0.25) is 10.1 Å². The van der Waals surface area contributed by atoms with Crippen molar-refractivity contribution in [3.05, 3.63) is 86.9 Å². The molecule has 2 atom stereocenters. The van der Waals surface area contributed by atoms with E-state index >= 15 is 0 Å². The highest BCUT2D eigenvalue weighted by atomic mass is 35.5. The van der Waals surface area contributed by atoms with Gasteiger partial charge in [-0.05, 0) is 28.8 Å². The molecule has 0 N–H and O–H groups in total. The fraction of sp³-hybridized carbons (Fsp3) is 0.158. The summed E-state index contributed by atoms with van der Waals surface area (Å²) in [5, 5.41) is 31.8. The molecule has 0 amide bonds. The number of nitriles is 2. The first-order valence-corrected chi connectivity index (χ1v) is 7.90. The largest absolute Gasteiger partial charge is 0.264 e. The molecule has 6 heteroatoms. The first-order valence-electron chi connectivity index (χ1n) is 7.52. The smallest absolute Gasteiger partial charge is 0.258 e. The summed E-state index contributed by atoms with van der Waals surface area (Å²) in [6.45, 7) is 0. The lowest BCUT2D eigenvalue weighted by Gasteiger charge is -2.22. The van der Waals surface area contributed by atoms with Crippen molar-refractivity contribution >= 4 is 17.2 Å². The molecule has 0 heterocycles. The van der Waals surface area contributed by atoms with E-state index in [0.717, 1.165) is 0 Å². The van der Waals surface area contributed by atoms with Crippen molar-refractivity contribution < 1.29 is 4.92 Å². The van der Waals surface area contributed by atoms with Crippen molar-refractivity contribution in [2.75, 3.05) is 0 Å². The molecule has 3 rings (SSSR count). The molecule has 0 aromatic heterocycles. The molecule has 122 valence electrons. The van der Waals surface area contributed by atoms with Crippen LogP contribution in [0.3, 0.4) is 0 Å². The van der Waals surface area contributed by atoms with Crippen molar-refractivity contribution in [2.24, 2.45) is 5.41 Å². The number of rotatable bonds is 3. The lowest BCUT2D eigenvalue weighted by Crippen LogP contribution is -2.39. The zero-order valence-corrected chi connectivity index (χ0v) is 13.7. The van der Waals surface area contributed by atoms with Gasteiger partial charge in [-0.25, -0.2) is 0 Å². The molecule has 1 aliphatic carbocycles. The Hall–Kier alpha value is -3.15. The van der Waals surface area contributed by atoms with E-state index in [1.54, 1.807) is 54.6 Å². The summed E-state index contributed by atoms with van der Waals surface area (Å²) >= 11 is 5.90. The maximum Gasteiger partial charge on any atom is 0.258 e. The minimum Gasteiger partial charge on any atom is -0.264 e. The number of halogens is 1. The van der Waals surface area contributed by atoms with E-state index in [1.165, 1.54) is 0 Å². The van der Waals surface area contributed by atoms with Gasteiger partial charge in [0.2, 0.25) is 5.41 Å². The van der Waals surface area contributed by atoms with E-state index in [-0.39, 0.29) is 0 Å².